The van der Waals surface area contributed by atoms with E-state index < -0.39 is 5.91 Å². The van der Waals surface area contributed by atoms with E-state index in [4.69, 9.17) is 5.73 Å². The molecule has 0 aliphatic carbocycles. The molecule has 5 rings (SSSR count). The number of amides is 2. The van der Waals surface area contributed by atoms with E-state index in [1.807, 2.05) is 54.6 Å². The number of thiazole rings is 1. The highest BCUT2D eigenvalue weighted by molar-refractivity contribution is 7.17. The molecule has 8 nitrogen and oxygen atoms in total. The van der Waals surface area contributed by atoms with Crippen molar-refractivity contribution < 1.29 is 9.59 Å². The van der Waals surface area contributed by atoms with E-state index in [9.17, 15) is 9.59 Å². The monoisotopic (exact) mass is 512 g/mol. The van der Waals surface area contributed by atoms with E-state index in [1.165, 1.54) is 17.0 Å². The van der Waals surface area contributed by atoms with Gasteiger partial charge in [0.15, 0.2) is 5.82 Å². The maximum Gasteiger partial charge on any atom is 0.262 e. The van der Waals surface area contributed by atoms with Crippen LogP contribution in [0, 0.1) is 0 Å². The molecule has 1 fully saturated rings. The highest BCUT2D eigenvalue weighted by Crippen LogP contribution is 2.34. The topological polar surface area (TPSA) is 104 Å². The lowest BCUT2D eigenvalue weighted by molar-refractivity contribution is 0.100. The molecule has 4 aromatic rings. The number of primary amides is 1. The third-order valence-corrected chi connectivity index (χ3v) is 7.37. The standard InChI is InChI=1S/C28H28N6O2S/c1-33-14-16-34(17-15-33)23-12-10-21(11-13-23)30-26-24(25(29)35)37-28(32-26)20-8-5-9-22(18-20)31-27(36)19-6-3-2-4-7-19/h2-13,18,30H,14-17H2,1H3,(H2,29,35)(H,31,36). The van der Waals surface area contributed by atoms with Crippen molar-refractivity contribution in [3.05, 3.63) is 89.3 Å². The average molecular weight is 513 g/mol. The van der Waals surface area contributed by atoms with Crippen molar-refractivity contribution in [1.29, 1.82) is 0 Å². The summed E-state index contributed by atoms with van der Waals surface area (Å²) in [4.78, 5) is 34.5. The summed E-state index contributed by atoms with van der Waals surface area (Å²) in [7, 11) is 2.14. The Kier molecular flexibility index (Phi) is 7.16. The van der Waals surface area contributed by atoms with Crippen LogP contribution in [0.5, 0.6) is 0 Å². The Morgan fingerprint density at radius 2 is 1.62 bits per heavy atom. The Morgan fingerprint density at radius 1 is 0.892 bits per heavy atom. The quantitative estimate of drug-likeness (QED) is 0.333. The van der Waals surface area contributed by atoms with Gasteiger partial charge in [0, 0.05) is 54.4 Å². The maximum absolute atomic E-state index is 12.6. The lowest BCUT2D eigenvalue weighted by Crippen LogP contribution is -2.44. The van der Waals surface area contributed by atoms with Crippen LogP contribution in [0.1, 0.15) is 20.0 Å². The van der Waals surface area contributed by atoms with Gasteiger partial charge in [0.1, 0.15) is 9.88 Å². The summed E-state index contributed by atoms with van der Waals surface area (Å²) in [6.07, 6.45) is 0. The molecule has 3 aromatic carbocycles. The van der Waals surface area contributed by atoms with Crippen LogP contribution in [0.4, 0.5) is 22.9 Å². The van der Waals surface area contributed by atoms with E-state index in [0.29, 0.717) is 27.0 Å². The third kappa shape index (κ3) is 5.79. The van der Waals surface area contributed by atoms with Crippen LogP contribution in [-0.2, 0) is 0 Å². The van der Waals surface area contributed by atoms with Gasteiger partial charge in [-0.2, -0.15) is 0 Å². The minimum absolute atomic E-state index is 0.197. The predicted octanol–water partition coefficient (Wildman–Crippen LogP) is 4.66. The molecule has 2 amide bonds. The molecule has 1 aliphatic rings. The molecule has 188 valence electrons. The number of carbonyl (C=O) groups excluding carboxylic acids is 2. The molecule has 0 bridgehead atoms. The number of carbonyl (C=O) groups is 2. The molecule has 0 spiro atoms. The summed E-state index contributed by atoms with van der Waals surface area (Å²) in [6, 6.07) is 24.5. The molecular formula is C28H28N6O2S. The normalized spacial score (nSPS) is 13.8. The molecule has 0 radical (unpaired) electrons. The van der Waals surface area contributed by atoms with Crippen LogP contribution in [-0.4, -0.2) is 54.9 Å². The van der Waals surface area contributed by atoms with Gasteiger partial charge in [0.05, 0.1) is 0 Å². The summed E-state index contributed by atoms with van der Waals surface area (Å²) >= 11 is 1.22. The highest BCUT2D eigenvalue weighted by atomic mass is 32.1. The lowest BCUT2D eigenvalue weighted by atomic mass is 10.2. The van der Waals surface area contributed by atoms with Crippen molar-refractivity contribution >= 4 is 46.0 Å². The van der Waals surface area contributed by atoms with Crippen LogP contribution in [0.25, 0.3) is 10.6 Å². The molecule has 1 aliphatic heterocycles. The third-order valence-electron chi connectivity index (χ3n) is 6.25. The number of hydrogen-bond donors (Lipinski definition) is 3. The Morgan fingerprint density at radius 3 is 2.32 bits per heavy atom. The number of hydrogen-bond acceptors (Lipinski definition) is 7. The minimum Gasteiger partial charge on any atom is -0.369 e. The summed E-state index contributed by atoms with van der Waals surface area (Å²) in [5, 5.41) is 6.79. The van der Waals surface area contributed by atoms with Crippen LogP contribution in [0.2, 0.25) is 0 Å². The summed E-state index contributed by atoms with van der Waals surface area (Å²) in [6.45, 7) is 4.08. The Hall–Kier alpha value is -4.21. The number of benzene rings is 3. The molecule has 1 aromatic heterocycles. The Bertz CT molecular complexity index is 1400. The molecule has 0 saturated carbocycles. The summed E-state index contributed by atoms with van der Waals surface area (Å²) < 4.78 is 0. The number of piperazine rings is 1. The first-order chi connectivity index (χ1) is 18.0. The maximum atomic E-state index is 12.6. The van der Waals surface area contributed by atoms with Crippen molar-refractivity contribution in [3.8, 4) is 10.6 Å². The van der Waals surface area contributed by atoms with Gasteiger partial charge in [-0.15, -0.1) is 11.3 Å². The summed E-state index contributed by atoms with van der Waals surface area (Å²) in [5.74, 6) is -0.329. The van der Waals surface area contributed by atoms with E-state index in [1.54, 1.807) is 12.1 Å². The van der Waals surface area contributed by atoms with Gasteiger partial charge >= 0.3 is 0 Å². The Labute approximate surface area is 219 Å². The molecule has 9 heteroatoms. The van der Waals surface area contributed by atoms with Gasteiger partial charge in [0.25, 0.3) is 11.8 Å². The van der Waals surface area contributed by atoms with Crippen LogP contribution >= 0.6 is 11.3 Å². The van der Waals surface area contributed by atoms with Crippen molar-refractivity contribution in [2.75, 3.05) is 48.8 Å². The molecule has 4 N–H and O–H groups in total. The van der Waals surface area contributed by atoms with E-state index in [0.717, 1.165) is 37.4 Å². The number of nitrogens with one attached hydrogen (secondary N) is 2. The van der Waals surface area contributed by atoms with E-state index in [-0.39, 0.29) is 5.91 Å². The summed E-state index contributed by atoms with van der Waals surface area (Å²) in [5.41, 5.74) is 9.65. The second kappa shape index (κ2) is 10.8. The smallest absolute Gasteiger partial charge is 0.262 e. The average Bonchev–Trinajstić information content (AvgIpc) is 3.34. The van der Waals surface area contributed by atoms with Crippen molar-refractivity contribution in [1.82, 2.24) is 9.88 Å². The fourth-order valence-corrected chi connectivity index (χ4v) is 5.04. The predicted molar refractivity (Wildman–Crippen MR) is 150 cm³/mol. The first kappa shape index (κ1) is 24.5. The largest absolute Gasteiger partial charge is 0.369 e. The van der Waals surface area contributed by atoms with Crippen molar-refractivity contribution in [2.24, 2.45) is 5.73 Å². The number of nitrogens with zero attached hydrogens (tertiary/aromatic N) is 3. The minimum atomic E-state index is -0.547. The molecule has 0 atom stereocenters. The fraction of sp³-hybridized carbons (Fsp3) is 0.179. The van der Waals surface area contributed by atoms with Gasteiger partial charge in [-0.05, 0) is 55.6 Å². The molecule has 2 heterocycles. The van der Waals surface area contributed by atoms with Gasteiger partial charge < -0.3 is 26.2 Å². The number of anilines is 4. The zero-order valence-electron chi connectivity index (χ0n) is 20.5. The van der Waals surface area contributed by atoms with Crippen molar-refractivity contribution in [2.45, 2.75) is 0 Å². The van der Waals surface area contributed by atoms with Gasteiger partial charge in [-0.1, -0.05) is 30.3 Å². The zero-order valence-corrected chi connectivity index (χ0v) is 21.3. The first-order valence-electron chi connectivity index (χ1n) is 12.0. The van der Waals surface area contributed by atoms with Gasteiger partial charge in [-0.25, -0.2) is 4.98 Å². The first-order valence-corrected chi connectivity index (χ1v) is 12.9. The second-order valence-electron chi connectivity index (χ2n) is 8.92. The number of nitrogens with two attached hydrogens (primary N) is 1. The van der Waals surface area contributed by atoms with E-state index in [2.05, 4.69) is 44.6 Å². The van der Waals surface area contributed by atoms with Gasteiger partial charge in [0.2, 0.25) is 0 Å². The van der Waals surface area contributed by atoms with E-state index >= 15 is 0 Å². The van der Waals surface area contributed by atoms with Crippen LogP contribution in [0.15, 0.2) is 78.9 Å². The van der Waals surface area contributed by atoms with Crippen molar-refractivity contribution in [3.63, 3.8) is 0 Å². The highest BCUT2D eigenvalue weighted by Gasteiger charge is 2.19. The molecule has 37 heavy (non-hydrogen) atoms. The van der Waals surface area contributed by atoms with Crippen LogP contribution in [0.3, 0.4) is 0 Å². The lowest BCUT2D eigenvalue weighted by Gasteiger charge is -2.34. The molecule has 1 saturated heterocycles. The molecule has 0 unspecified atom stereocenters. The Balaban J connectivity index is 1.33. The number of likely N-dealkylation sites (N-methyl/N-ethyl adjacent to an activating group) is 1. The van der Waals surface area contributed by atoms with Gasteiger partial charge in [-0.3, -0.25) is 9.59 Å². The SMILES string of the molecule is CN1CCN(c2ccc(Nc3nc(-c4cccc(NC(=O)c5ccccc5)c4)sc3C(N)=O)cc2)CC1. The zero-order chi connectivity index (χ0) is 25.8. The van der Waals surface area contributed by atoms with Crippen LogP contribution < -0.4 is 21.3 Å². The molecular weight excluding hydrogens is 484 g/mol. The number of rotatable bonds is 7. The fourth-order valence-electron chi connectivity index (χ4n) is 4.18. The second-order valence-corrected chi connectivity index (χ2v) is 9.92. The number of aromatic nitrogens is 1.